The van der Waals surface area contributed by atoms with Gasteiger partial charge in [0.15, 0.2) is 0 Å². The summed E-state index contributed by atoms with van der Waals surface area (Å²) in [6, 6.07) is 11.2. The number of anilines is 2. The van der Waals surface area contributed by atoms with E-state index >= 15 is 0 Å². The average Bonchev–Trinajstić information content (AvgIpc) is 2.53. The number of nitrogens with one attached hydrogen (secondary N) is 1. The normalized spacial score (nSPS) is 10.9. The van der Waals surface area contributed by atoms with Crippen LogP contribution in [-0.4, -0.2) is 19.5 Å². The van der Waals surface area contributed by atoms with Crippen molar-refractivity contribution in [3.8, 4) is 0 Å². The topological polar surface area (TPSA) is 57.1 Å². The van der Waals surface area contributed by atoms with Crippen molar-refractivity contribution in [1.29, 1.82) is 0 Å². The third-order valence-corrected chi connectivity index (χ3v) is 3.88. The van der Waals surface area contributed by atoms with E-state index in [0.717, 1.165) is 17.8 Å². The fourth-order valence-corrected chi connectivity index (χ4v) is 2.39. The van der Waals surface area contributed by atoms with Crippen molar-refractivity contribution in [3.05, 3.63) is 47.0 Å². The Bertz CT molecular complexity index is 774. The maximum absolute atomic E-state index is 11.5. The molecular formula is C18H21ClN4O. The quantitative estimate of drug-likeness (QED) is 0.730. The molecule has 0 radical (unpaired) electrons. The van der Waals surface area contributed by atoms with E-state index in [-0.39, 0.29) is 5.91 Å². The van der Waals surface area contributed by atoms with Crippen LogP contribution >= 0.6 is 11.6 Å². The van der Waals surface area contributed by atoms with Crippen LogP contribution < -0.4 is 10.2 Å². The Morgan fingerprint density at radius 1 is 1.17 bits per heavy atom. The number of halogens is 1. The van der Waals surface area contributed by atoms with Crippen molar-refractivity contribution >= 4 is 40.3 Å². The molecule has 0 unspecified atom stereocenters. The lowest BCUT2D eigenvalue weighted by Crippen LogP contribution is -2.16. The summed E-state index contributed by atoms with van der Waals surface area (Å²) in [6.45, 7) is 6.35. The highest BCUT2D eigenvalue weighted by molar-refractivity contribution is 6.33. The SMILES string of the molecule is CCN(C)c1ccc(N=Nc2ccc(C)cc2Cl)c(NC(C)=O)c1. The molecule has 0 heterocycles. The Hall–Kier alpha value is -2.40. The first-order valence-corrected chi connectivity index (χ1v) is 8.09. The molecule has 5 nitrogen and oxygen atoms in total. The number of hydrogen-bond acceptors (Lipinski definition) is 4. The zero-order chi connectivity index (χ0) is 17.7. The molecule has 0 aliphatic rings. The summed E-state index contributed by atoms with van der Waals surface area (Å²) < 4.78 is 0. The fourth-order valence-electron chi connectivity index (χ4n) is 2.12. The van der Waals surface area contributed by atoms with E-state index in [4.69, 9.17) is 11.6 Å². The van der Waals surface area contributed by atoms with Gasteiger partial charge < -0.3 is 10.2 Å². The molecule has 0 bridgehead atoms. The molecule has 2 aromatic carbocycles. The van der Waals surface area contributed by atoms with E-state index in [2.05, 4.69) is 27.4 Å². The summed E-state index contributed by atoms with van der Waals surface area (Å²) in [4.78, 5) is 13.5. The third-order valence-electron chi connectivity index (χ3n) is 3.57. The van der Waals surface area contributed by atoms with Crippen molar-refractivity contribution in [2.24, 2.45) is 10.2 Å². The minimum atomic E-state index is -0.156. The van der Waals surface area contributed by atoms with Gasteiger partial charge in [0.2, 0.25) is 5.91 Å². The van der Waals surface area contributed by atoms with Gasteiger partial charge in [-0.15, -0.1) is 10.2 Å². The maximum atomic E-state index is 11.5. The summed E-state index contributed by atoms with van der Waals surface area (Å²) in [5, 5.41) is 11.8. The van der Waals surface area contributed by atoms with Crippen molar-refractivity contribution in [2.75, 3.05) is 23.8 Å². The number of rotatable bonds is 5. The second-order valence-electron chi connectivity index (χ2n) is 5.55. The van der Waals surface area contributed by atoms with Gasteiger partial charge in [-0.2, -0.15) is 0 Å². The minimum absolute atomic E-state index is 0.156. The van der Waals surface area contributed by atoms with Gasteiger partial charge in [0.05, 0.1) is 10.7 Å². The Kier molecular flexibility index (Phi) is 5.93. The second kappa shape index (κ2) is 7.93. The van der Waals surface area contributed by atoms with E-state index in [1.54, 1.807) is 0 Å². The van der Waals surface area contributed by atoms with Crippen molar-refractivity contribution < 1.29 is 4.79 Å². The fraction of sp³-hybridized carbons (Fsp3) is 0.278. The van der Waals surface area contributed by atoms with Gasteiger partial charge in [-0.3, -0.25) is 4.79 Å². The molecule has 0 saturated carbocycles. The van der Waals surface area contributed by atoms with Crippen molar-refractivity contribution in [1.82, 2.24) is 0 Å². The van der Waals surface area contributed by atoms with Crippen molar-refractivity contribution in [3.63, 3.8) is 0 Å². The zero-order valence-electron chi connectivity index (χ0n) is 14.3. The number of hydrogen-bond donors (Lipinski definition) is 1. The molecule has 0 atom stereocenters. The first-order valence-electron chi connectivity index (χ1n) is 7.71. The van der Waals surface area contributed by atoms with E-state index < -0.39 is 0 Å². The molecule has 0 saturated heterocycles. The van der Waals surface area contributed by atoms with Crippen LogP contribution in [0.5, 0.6) is 0 Å². The Morgan fingerprint density at radius 3 is 2.46 bits per heavy atom. The second-order valence-corrected chi connectivity index (χ2v) is 5.96. The van der Waals surface area contributed by atoms with Gasteiger partial charge in [-0.25, -0.2) is 0 Å². The number of benzene rings is 2. The van der Waals surface area contributed by atoms with E-state index in [1.807, 2.05) is 50.4 Å². The summed E-state index contributed by atoms with van der Waals surface area (Å²) >= 11 is 6.18. The number of carbonyl (C=O) groups is 1. The lowest BCUT2D eigenvalue weighted by atomic mass is 10.2. The van der Waals surface area contributed by atoms with Gasteiger partial charge in [-0.05, 0) is 49.7 Å². The van der Waals surface area contributed by atoms with Crippen LogP contribution in [0.2, 0.25) is 5.02 Å². The standard InChI is InChI=1S/C18H21ClN4O/c1-5-23(4)14-7-9-17(18(11-14)20-13(3)24)22-21-16-8-6-12(2)10-15(16)19/h6-11H,5H2,1-4H3,(H,20,24). The molecule has 1 amide bonds. The van der Waals surface area contributed by atoms with E-state index in [1.165, 1.54) is 6.92 Å². The molecule has 0 aromatic heterocycles. The lowest BCUT2D eigenvalue weighted by molar-refractivity contribution is -0.114. The van der Waals surface area contributed by atoms with E-state index in [9.17, 15) is 4.79 Å². The highest BCUT2D eigenvalue weighted by Crippen LogP contribution is 2.33. The van der Waals surface area contributed by atoms with Crippen LogP contribution in [0.4, 0.5) is 22.7 Å². The van der Waals surface area contributed by atoms with Gasteiger partial charge >= 0.3 is 0 Å². The number of aryl methyl sites for hydroxylation is 1. The predicted molar refractivity (Wildman–Crippen MR) is 100 cm³/mol. The van der Waals surface area contributed by atoms with Gasteiger partial charge in [-0.1, -0.05) is 17.7 Å². The number of carbonyl (C=O) groups excluding carboxylic acids is 1. The monoisotopic (exact) mass is 344 g/mol. The highest BCUT2D eigenvalue weighted by atomic mass is 35.5. The summed E-state index contributed by atoms with van der Waals surface area (Å²) in [5.41, 5.74) is 3.84. The molecule has 24 heavy (non-hydrogen) atoms. The van der Waals surface area contributed by atoms with E-state index in [0.29, 0.717) is 22.1 Å². The maximum Gasteiger partial charge on any atom is 0.221 e. The molecule has 1 N–H and O–H groups in total. The van der Waals surface area contributed by atoms with Crippen LogP contribution in [0.25, 0.3) is 0 Å². The smallest absolute Gasteiger partial charge is 0.221 e. The number of nitrogens with zero attached hydrogens (tertiary/aromatic N) is 3. The zero-order valence-corrected chi connectivity index (χ0v) is 15.1. The van der Waals surface area contributed by atoms with Crippen LogP contribution in [0, 0.1) is 6.92 Å². The Morgan fingerprint density at radius 2 is 1.83 bits per heavy atom. The molecule has 0 spiro atoms. The number of amides is 1. The largest absolute Gasteiger partial charge is 0.375 e. The first-order chi connectivity index (χ1) is 11.4. The first kappa shape index (κ1) is 17.9. The summed E-state index contributed by atoms with van der Waals surface area (Å²) in [6.07, 6.45) is 0. The predicted octanol–water partition coefficient (Wildman–Crippen LogP) is 5.48. The Balaban J connectivity index is 2.37. The lowest BCUT2D eigenvalue weighted by Gasteiger charge is -2.18. The van der Waals surface area contributed by atoms with Crippen molar-refractivity contribution in [2.45, 2.75) is 20.8 Å². The number of azo groups is 1. The molecule has 2 rings (SSSR count). The van der Waals surface area contributed by atoms with Crippen LogP contribution in [0.1, 0.15) is 19.4 Å². The van der Waals surface area contributed by atoms with Gasteiger partial charge in [0.1, 0.15) is 11.4 Å². The highest BCUT2D eigenvalue weighted by Gasteiger charge is 2.08. The summed E-state index contributed by atoms with van der Waals surface area (Å²) in [5.74, 6) is -0.156. The van der Waals surface area contributed by atoms with Crippen LogP contribution in [0.15, 0.2) is 46.6 Å². The van der Waals surface area contributed by atoms with Gasteiger partial charge in [0.25, 0.3) is 0 Å². The van der Waals surface area contributed by atoms with Gasteiger partial charge in [0, 0.05) is 26.2 Å². The molecule has 2 aromatic rings. The van der Waals surface area contributed by atoms with Crippen LogP contribution in [-0.2, 0) is 4.79 Å². The third kappa shape index (κ3) is 4.55. The average molecular weight is 345 g/mol. The molecular weight excluding hydrogens is 324 g/mol. The molecule has 6 heteroatoms. The molecule has 0 aliphatic heterocycles. The molecule has 0 aliphatic carbocycles. The molecule has 0 fully saturated rings. The summed E-state index contributed by atoms with van der Waals surface area (Å²) in [7, 11) is 1.99. The molecule has 126 valence electrons. The minimum Gasteiger partial charge on any atom is -0.375 e. The van der Waals surface area contributed by atoms with Crippen LogP contribution in [0.3, 0.4) is 0 Å². The Labute approximate surface area is 147 Å².